The smallest absolute Gasteiger partial charge is 0.279 e. The summed E-state index contributed by atoms with van der Waals surface area (Å²) in [4.78, 5) is 32.7. The Morgan fingerprint density at radius 1 is 1.12 bits per heavy atom. The maximum atomic E-state index is 12.2. The van der Waals surface area contributed by atoms with Crippen molar-refractivity contribution in [3.63, 3.8) is 0 Å². The zero-order valence-corrected chi connectivity index (χ0v) is 13.9. The van der Waals surface area contributed by atoms with Crippen LogP contribution in [0, 0.1) is 11.3 Å². The largest absolute Gasteiger partial charge is 0.332 e. The van der Waals surface area contributed by atoms with Gasteiger partial charge in [0.25, 0.3) is 5.56 Å². The highest BCUT2D eigenvalue weighted by atomic mass is 32.2. The Hall–Kier alpha value is -2.92. The fraction of sp³-hybridized carbons (Fsp3) is 0.188. The topological polar surface area (TPSA) is 93.6 Å². The van der Waals surface area contributed by atoms with Crippen molar-refractivity contribution in [1.29, 1.82) is 5.26 Å². The van der Waals surface area contributed by atoms with Crippen molar-refractivity contribution < 1.29 is 0 Å². The van der Waals surface area contributed by atoms with Crippen molar-refractivity contribution >= 4 is 22.9 Å². The lowest BCUT2D eigenvalue weighted by atomic mass is 10.2. The van der Waals surface area contributed by atoms with Gasteiger partial charge in [0.05, 0.1) is 0 Å². The molecule has 0 spiro atoms. The molecule has 7 nitrogen and oxygen atoms in total. The van der Waals surface area contributed by atoms with Crippen LogP contribution >= 0.6 is 11.8 Å². The fourth-order valence-electron chi connectivity index (χ4n) is 2.25. The molecule has 0 N–H and O–H groups in total. The summed E-state index contributed by atoms with van der Waals surface area (Å²) in [6, 6.07) is 11.7. The van der Waals surface area contributed by atoms with Crippen molar-refractivity contribution in [1.82, 2.24) is 19.1 Å². The first-order chi connectivity index (χ1) is 11.5. The number of thioether (sulfide) groups is 1. The highest BCUT2D eigenvalue weighted by molar-refractivity contribution is 7.98. The van der Waals surface area contributed by atoms with Crippen LogP contribution in [0.1, 0.15) is 11.3 Å². The molecule has 120 valence electrons. The molecule has 0 saturated carbocycles. The molecule has 2 heterocycles. The summed E-state index contributed by atoms with van der Waals surface area (Å²) in [5, 5.41) is 9.72. The lowest BCUT2D eigenvalue weighted by Gasteiger charge is -2.09. The minimum Gasteiger partial charge on any atom is -0.279 e. The third kappa shape index (κ3) is 2.70. The van der Waals surface area contributed by atoms with Gasteiger partial charge in [-0.25, -0.2) is 14.8 Å². The van der Waals surface area contributed by atoms with Crippen molar-refractivity contribution in [2.75, 3.05) is 0 Å². The summed E-state index contributed by atoms with van der Waals surface area (Å²) in [5.74, 6) is 0.606. The number of rotatable bonds is 3. The summed E-state index contributed by atoms with van der Waals surface area (Å²) >= 11 is 1.34. The third-order valence-corrected chi connectivity index (χ3v) is 4.60. The molecule has 3 rings (SSSR count). The number of nitrogens with zero attached hydrogens (tertiary/aromatic N) is 5. The first kappa shape index (κ1) is 16.0. The number of aromatic nitrogens is 4. The second-order valence-corrected chi connectivity index (χ2v) is 6.11. The second-order valence-electron chi connectivity index (χ2n) is 5.14. The minimum absolute atomic E-state index is 0.0141. The van der Waals surface area contributed by atoms with E-state index in [4.69, 9.17) is 0 Å². The van der Waals surface area contributed by atoms with Crippen LogP contribution in [0.4, 0.5) is 0 Å². The van der Waals surface area contributed by atoms with Crippen molar-refractivity contribution in [3.05, 3.63) is 62.4 Å². The lowest BCUT2D eigenvalue weighted by Crippen LogP contribution is -2.37. The van der Waals surface area contributed by atoms with Gasteiger partial charge in [-0.1, -0.05) is 42.1 Å². The van der Waals surface area contributed by atoms with Crippen LogP contribution in [0.15, 0.2) is 44.9 Å². The molecule has 2 aromatic heterocycles. The van der Waals surface area contributed by atoms with Gasteiger partial charge < -0.3 is 0 Å². The Balaban J connectivity index is 2.13. The molecule has 0 aliphatic heterocycles. The standard InChI is InChI=1S/C16H13N5O2S/c1-20-13-12(15(22)21(2)16(20)23)18-11(8-17)14(19-13)24-9-10-6-4-3-5-7-10/h3-7H,9H2,1-2H3. The molecule has 0 amide bonds. The highest BCUT2D eigenvalue weighted by Gasteiger charge is 2.16. The van der Waals surface area contributed by atoms with Crippen molar-refractivity contribution in [3.8, 4) is 6.07 Å². The van der Waals surface area contributed by atoms with Crippen LogP contribution in [-0.4, -0.2) is 19.1 Å². The summed E-state index contributed by atoms with van der Waals surface area (Å²) < 4.78 is 2.21. The molecule has 1 aromatic carbocycles. The summed E-state index contributed by atoms with van der Waals surface area (Å²) in [6.45, 7) is 0. The SMILES string of the molecule is Cn1c(=O)c2nc(C#N)c(SCc3ccccc3)nc2n(C)c1=O. The number of hydrogen-bond donors (Lipinski definition) is 0. The van der Waals surface area contributed by atoms with Gasteiger partial charge in [0.2, 0.25) is 0 Å². The summed E-state index contributed by atoms with van der Waals surface area (Å²) in [7, 11) is 2.90. The van der Waals surface area contributed by atoms with Crippen LogP contribution in [0.5, 0.6) is 0 Å². The van der Waals surface area contributed by atoms with Crippen LogP contribution in [0.3, 0.4) is 0 Å². The van der Waals surface area contributed by atoms with Gasteiger partial charge in [0, 0.05) is 19.8 Å². The molecule has 0 saturated heterocycles. The van der Waals surface area contributed by atoms with Crippen LogP contribution in [0.25, 0.3) is 11.2 Å². The second kappa shape index (κ2) is 6.29. The van der Waals surface area contributed by atoms with Gasteiger partial charge >= 0.3 is 5.69 Å². The summed E-state index contributed by atoms with van der Waals surface area (Å²) in [5.41, 5.74) is 0.311. The maximum absolute atomic E-state index is 12.2. The van der Waals surface area contributed by atoms with E-state index in [1.54, 1.807) is 0 Å². The van der Waals surface area contributed by atoms with Gasteiger partial charge in [0.15, 0.2) is 16.9 Å². The van der Waals surface area contributed by atoms with E-state index >= 15 is 0 Å². The number of benzene rings is 1. The van der Waals surface area contributed by atoms with Gasteiger partial charge in [-0.2, -0.15) is 5.26 Å². The predicted molar refractivity (Wildman–Crippen MR) is 90.7 cm³/mol. The number of nitriles is 1. The Morgan fingerprint density at radius 3 is 2.50 bits per heavy atom. The molecule has 0 bridgehead atoms. The zero-order chi connectivity index (χ0) is 17.3. The van der Waals surface area contributed by atoms with Crippen molar-refractivity contribution in [2.45, 2.75) is 10.8 Å². The molecule has 0 aliphatic rings. The van der Waals surface area contributed by atoms with E-state index in [1.807, 2.05) is 36.4 Å². The Labute approximate surface area is 141 Å². The van der Waals surface area contributed by atoms with Gasteiger partial charge in [-0.3, -0.25) is 13.9 Å². The molecule has 24 heavy (non-hydrogen) atoms. The quantitative estimate of drug-likeness (QED) is 0.666. The van der Waals surface area contributed by atoms with E-state index < -0.39 is 11.2 Å². The molecule has 0 aliphatic carbocycles. The molecule has 8 heteroatoms. The predicted octanol–water partition coefficient (Wildman–Crippen LogP) is 1.19. The van der Waals surface area contributed by atoms with E-state index in [0.29, 0.717) is 10.8 Å². The normalized spacial score (nSPS) is 10.7. The Morgan fingerprint density at radius 2 is 1.83 bits per heavy atom. The van der Waals surface area contributed by atoms with E-state index in [1.165, 1.54) is 30.4 Å². The van der Waals surface area contributed by atoms with Crippen molar-refractivity contribution in [2.24, 2.45) is 14.1 Å². The number of fused-ring (bicyclic) bond motifs is 1. The zero-order valence-electron chi connectivity index (χ0n) is 13.1. The third-order valence-electron chi connectivity index (χ3n) is 3.57. The van der Waals surface area contributed by atoms with E-state index in [9.17, 15) is 14.9 Å². The first-order valence-electron chi connectivity index (χ1n) is 7.07. The highest BCUT2D eigenvalue weighted by Crippen LogP contribution is 2.24. The van der Waals surface area contributed by atoms with Crippen LogP contribution in [-0.2, 0) is 19.8 Å². The van der Waals surface area contributed by atoms with Gasteiger partial charge in [0.1, 0.15) is 11.1 Å². The molecule has 0 unspecified atom stereocenters. The monoisotopic (exact) mass is 339 g/mol. The lowest BCUT2D eigenvalue weighted by molar-refractivity contribution is 0.700. The first-order valence-corrected chi connectivity index (χ1v) is 8.06. The number of aryl methyl sites for hydroxylation is 1. The molecule has 0 fully saturated rings. The average Bonchev–Trinajstić information content (AvgIpc) is 2.63. The molecule has 0 atom stereocenters. The maximum Gasteiger partial charge on any atom is 0.332 e. The van der Waals surface area contributed by atoms with E-state index in [-0.39, 0.29) is 16.9 Å². The minimum atomic E-state index is -0.559. The van der Waals surface area contributed by atoms with Gasteiger partial charge in [-0.05, 0) is 5.56 Å². The van der Waals surface area contributed by atoms with Crippen LogP contribution < -0.4 is 11.2 Å². The molecular formula is C16H13N5O2S. The van der Waals surface area contributed by atoms with E-state index in [0.717, 1.165) is 10.1 Å². The average molecular weight is 339 g/mol. The Kier molecular flexibility index (Phi) is 4.18. The molecule has 3 aromatic rings. The molecule has 0 radical (unpaired) electrons. The van der Waals surface area contributed by atoms with Gasteiger partial charge in [-0.15, -0.1) is 0 Å². The number of hydrogen-bond acceptors (Lipinski definition) is 6. The molecular weight excluding hydrogens is 326 g/mol. The fourth-order valence-corrected chi connectivity index (χ4v) is 3.12. The van der Waals surface area contributed by atoms with E-state index in [2.05, 4.69) is 9.97 Å². The van der Waals surface area contributed by atoms with Crippen LogP contribution in [0.2, 0.25) is 0 Å². The summed E-state index contributed by atoms with van der Waals surface area (Å²) in [6.07, 6.45) is 0. The Bertz CT molecular complexity index is 1080.